The Hall–Kier alpha value is -2.15. The molecule has 24 heavy (non-hydrogen) atoms. The predicted octanol–water partition coefficient (Wildman–Crippen LogP) is 5.39. The van der Waals surface area contributed by atoms with E-state index in [-0.39, 0.29) is 0 Å². The van der Waals surface area contributed by atoms with Crippen molar-refractivity contribution in [2.75, 3.05) is 0 Å². The smallest absolute Gasteiger partial charge is 0.200 e. The molecule has 0 radical (unpaired) electrons. The van der Waals surface area contributed by atoms with Gasteiger partial charge in [0.1, 0.15) is 7.05 Å². The second kappa shape index (κ2) is 5.17. The highest BCUT2D eigenvalue weighted by Crippen LogP contribution is 2.50. The van der Waals surface area contributed by atoms with Gasteiger partial charge in [-0.2, -0.15) is 0 Å². The first-order valence-electron chi connectivity index (χ1n) is 9.24. The van der Waals surface area contributed by atoms with Gasteiger partial charge in [-0.3, -0.25) is 0 Å². The predicted molar refractivity (Wildman–Crippen MR) is 99.2 cm³/mol. The third kappa shape index (κ3) is 1.97. The first-order chi connectivity index (χ1) is 11.7. The van der Waals surface area contributed by atoms with E-state index in [9.17, 15) is 0 Å². The van der Waals surface area contributed by atoms with Crippen LogP contribution in [0.15, 0.2) is 48.7 Å². The first-order valence-corrected chi connectivity index (χ1v) is 9.24. The Kier molecular flexibility index (Phi) is 3.06. The van der Waals surface area contributed by atoms with Crippen molar-refractivity contribution in [1.29, 1.82) is 0 Å². The lowest BCUT2D eigenvalue weighted by Gasteiger charge is -2.38. The molecular formula is C23H24N+. The van der Waals surface area contributed by atoms with Crippen molar-refractivity contribution < 1.29 is 4.57 Å². The number of rotatable bonds is 1. The van der Waals surface area contributed by atoms with Gasteiger partial charge in [0.05, 0.1) is 5.39 Å². The second-order valence-corrected chi connectivity index (χ2v) is 7.71. The van der Waals surface area contributed by atoms with E-state index in [0.29, 0.717) is 0 Å². The van der Waals surface area contributed by atoms with Crippen LogP contribution < -0.4 is 4.57 Å². The van der Waals surface area contributed by atoms with E-state index in [1.165, 1.54) is 53.3 Å². The molecule has 1 heterocycles. The maximum atomic E-state index is 2.53. The zero-order chi connectivity index (χ0) is 16.3. The standard InChI is InChI=1S/C23H24N/c1-15-5-3-4-6-19(15)23-22-14-21-17-9-7-16(8-10-17)20(21)13-18(22)11-12-24(23)2/h3-6,11-14,16-17H,7-10H2,1-2H3/q+1. The molecule has 1 aromatic heterocycles. The van der Waals surface area contributed by atoms with Crippen LogP contribution in [-0.4, -0.2) is 0 Å². The molecule has 0 amide bonds. The lowest BCUT2D eigenvalue weighted by atomic mass is 9.66. The van der Waals surface area contributed by atoms with Crippen molar-refractivity contribution in [3.05, 3.63) is 65.4 Å². The van der Waals surface area contributed by atoms with Crippen molar-refractivity contribution in [2.45, 2.75) is 44.4 Å². The highest BCUT2D eigenvalue weighted by atomic mass is 14.9. The van der Waals surface area contributed by atoms with Crippen molar-refractivity contribution >= 4 is 10.8 Å². The summed E-state index contributed by atoms with van der Waals surface area (Å²) >= 11 is 0. The number of benzene rings is 2. The first kappa shape index (κ1) is 14.2. The summed E-state index contributed by atoms with van der Waals surface area (Å²) in [6.07, 6.45) is 7.80. The van der Waals surface area contributed by atoms with Gasteiger partial charge in [0.2, 0.25) is 5.69 Å². The Balaban J connectivity index is 1.83. The molecule has 6 rings (SSSR count). The molecule has 1 saturated carbocycles. The second-order valence-electron chi connectivity index (χ2n) is 7.71. The molecule has 3 aromatic rings. The fourth-order valence-corrected chi connectivity index (χ4v) is 5.05. The van der Waals surface area contributed by atoms with Crippen LogP contribution in [0.4, 0.5) is 0 Å². The normalized spacial score (nSPS) is 21.9. The monoisotopic (exact) mass is 314 g/mol. The summed E-state index contributed by atoms with van der Waals surface area (Å²) in [5.41, 5.74) is 7.35. The Morgan fingerprint density at radius 3 is 2.25 bits per heavy atom. The third-order valence-corrected chi connectivity index (χ3v) is 6.35. The van der Waals surface area contributed by atoms with E-state index in [1.807, 2.05) is 0 Å². The quantitative estimate of drug-likeness (QED) is 0.530. The summed E-state index contributed by atoms with van der Waals surface area (Å²) in [5, 5.41) is 2.82. The van der Waals surface area contributed by atoms with Gasteiger partial charge < -0.3 is 0 Å². The maximum absolute atomic E-state index is 2.53. The SMILES string of the molecule is Cc1ccccc1-c1c2cc3c(cc2cc[n+]1C)C1CCC3CC1. The van der Waals surface area contributed by atoms with Crippen LogP contribution in [-0.2, 0) is 7.05 Å². The fourth-order valence-electron chi connectivity index (χ4n) is 5.05. The summed E-state index contributed by atoms with van der Waals surface area (Å²) in [5.74, 6) is 1.61. The van der Waals surface area contributed by atoms with E-state index in [0.717, 1.165) is 11.8 Å². The molecule has 0 N–H and O–H groups in total. The van der Waals surface area contributed by atoms with Crippen molar-refractivity contribution in [3.8, 4) is 11.3 Å². The number of hydrogen-bond acceptors (Lipinski definition) is 0. The number of nitrogens with zero attached hydrogens (tertiary/aromatic N) is 1. The number of pyridine rings is 1. The minimum Gasteiger partial charge on any atom is -0.200 e. The molecule has 1 fully saturated rings. The van der Waals surface area contributed by atoms with E-state index < -0.39 is 0 Å². The number of aryl methyl sites for hydroxylation is 2. The van der Waals surface area contributed by atoms with Crippen LogP contribution in [0.25, 0.3) is 22.0 Å². The van der Waals surface area contributed by atoms with Crippen molar-refractivity contribution in [3.63, 3.8) is 0 Å². The molecule has 3 aliphatic carbocycles. The summed E-state index contributed by atoms with van der Waals surface area (Å²) < 4.78 is 2.29. The topological polar surface area (TPSA) is 3.88 Å². The summed E-state index contributed by atoms with van der Waals surface area (Å²) in [6, 6.07) is 16.1. The summed E-state index contributed by atoms with van der Waals surface area (Å²) in [7, 11) is 2.17. The van der Waals surface area contributed by atoms with Gasteiger partial charge in [0.15, 0.2) is 6.20 Å². The van der Waals surface area contributed by atoms with Gasteiger partial charge in [-0.25, -0.2) is 4.57 Å². The summed E-state index contributed by atoms with van der Waals surface area (Å²) in [4.78, 5) is 0. The number of hydrogen-bond donors (Lipinski definition) is 0. The molecule has 0 spiro atoms. The lowest BCUT2D eigenvalue weighted by molar-refractivity contribution is -0.659. The average Bonchev–Trinajstić information content (AvgIpc) is 2.62. The van der Waals surface area contributed by atoms with E-state index in [2.05, 4.69) is 67.2 Å². The van der Waals surface area contributed by atoms with Gasteiger partial charge >= 0.3 is 0 Å². The minimum atomic E-state index is 0.796. The van der Waals surface area contributed by atoms with Crippen molar-refractivity contribution in [1.82, 2.24) is 0 Å². The Morgan fingerprint density at radius 2 is 1.54 bits per heavy atom. The minimum absolute atomic E-state index is 0.796. The largest absolute Gasteiger partial charge is 0.220 e. The lowest BCUT2D eigenvalue weighted by Crippen LogP contribution is -2.31. The van der Waals surface area contributed by atoms with Gasteiger partial charge in [-0.15, -0.1) is 0 Å². The Morgan fingerprint density at radius 1 is 0.875 bits per heavy atom. The molecule has 0 atom stereocenters. The molecule has 0 unspecified atom stereocenters. The van der Waals surface area contributed by atoms with Crippen LogP contribution in [0.1, 0.15) is 54.2 Å². The van der Waals surface area contributed by atoms with Crippen LogP contribution in [0, 0.1) is 6.92 Å². The van der Waals surface area contributed by atoms with Crippen LogP contribution in [0.3, 0.4) is 0 Å². The fraction of sp³-hybridized carbons (Fsp3) is 0.348. The molecule has 2 bridgehead atoms. The third-order valence-electron chi connectivity index (χ3n) is 6.35. The van der Waals surface area contributed by atoms with Gasteiger partial charge in [0, 0.05) is 11.6 Å². The summed E-state index contributed by atoms with van der Waals surface area (Å²) in [6.45, 7) is 2.22. The molecule has 0 saturated heterocycles. The maximum Gasteiger partial charge on any atom is 0.220 e. The molecule has 120 valence electrons. The van der Waals surface area contributed by atoms with Crippen LogP contribution >= 0.6 is 0 Å². The van der Waals surface area contributed by atoms with Gasteiger partial charge in [0.25, 0.3) is 0 Å². The molecule has 3 aliphatic rings. The van der Waals surface area contributed by atoms with Crippen molar-refractivity contribution in [2.24, 2.45) is 7.05 Å². The molecule has 2 aromatic carbocycles. The highest BCUT2D eigenvalue weighted by molar-refractivity contribution is 5.94. The van der Waals surface area contributed by atoms with Gasteiger partial charge in [-0.05, 0) is 78.7 Å². The van der Waals surface area contributed by atoms with Gasteiger partial charge in [-0.1, -0.05) is 24.3 Å². The average molecular weight is 314 g/mol. The molecular weight excluding hydrogens is 290 g/mol. The molecule has 1 nitrogen and oxygen atoms in total. The molecule has 0 aliphatic heterocycles. The van der Waals surface area contributed by atoms with Crippen LogP contribution in [0.2, 0.25) is 0 Å². The van der Waals surface area contributed by atoms with E-state index >= 15 is 0 Å². The zero-order valence-corrected chi connectivity index (χ0v) is 14.5. The Bertz CT molecular complexity index is 946. The Labute approximate surface area is 144 Å². The zero-order valence-electron chi connectivity index (χ0n) is 14.5. The molecule has 1 heteroatoms. The highest BCUT2D eigenvalue weighted by Gasteiger charge is 2.33. The van der Waals surface area contributed by atoms with E-state index in [4.69, 9.17) is 0 Å². The van der Waals surface area contributed by atoms with E-state index in [1.54, 1.807) is 11.1 Å². The van der Waals surface area contributed by atoms with Crippen LogP contribution in [0.5, 0.6) is 0 Å². The number of fused-ring (bicyclic) bond motifs is 3. The number of aromatic nitrogens is 1.